The summed E-state index contributed by atoms with van der Waals surface area (Å²) in [6, 6.07) is 12.5. The van der Waals surface area contributed by atoms with E-state index in [1.54, 1.807) is 41.3 Å². The van der Waals surface area contributed by atoms with Crippen molar-refractivity contribution in [2.45, 2.75) is 6.54 Å². The second-order valence-electron chi connectivity index (χ2n) is 6.19. The van der Waals surface area contributed by atoms with Crippen LogP contribution in [0.25, 0.3) is 0 Å². The molecule has 28 heavy (non-hydrogen) atoms. The Hall–Kier alpha value is -3.39. The van der Waals surface area contributed by atoms with Gasteiger partial charge in [0.25, 0.3) is 5.91 Å². The summed E-state index contributed by atoms with van der Waals surface area (Å²) in [5.74, 6) is -0.202. The van der Waals surface area contributed by atoms with Crippen LogP contribution in [-0.2, 0) is 16.1 Å². The summed E-state index contributed by atoms with van der Waals surface area (Å²) in [5.41, 5.74) is 2.15. The van der Waals surface area contributed by atoms with Crippen molar-refractivity contribution in [2.24, 2.45) is 0 Å². The van der Waals surface area contributed by atoms with Crippen LogP contribution >= 0.6 is 11.6 Å². The van der Waals surface area contributed by atoms with Gasteiger partial charge in [-0.25, -0.2) is 9.67 Å². The smallest absolute Gasteiger partial charge is 0.265 e. The number of para-hydroxylation sites is 1. The van der Waals surface area contributed by atoms with Gasteiger partial charge < -0.3 is 10.1 Å². The average molecular weight is 398 g/mol. The third-order valence-electron chi connectivity index (χ3n) is 4.23. The van der Waals surface area contributed by atoms with Gasteiger partial charge in [-0.1, -0.05) is 29.8 Å². The largest absolute Gasteiger partial charge is 0.480 e. The molecule has 0 aliphatic carbocycles. The van der Waals surface area contributed by atoms with Crippen LogP contribution in [0.2, 0.25) is 5.02 Å². The van der Waals surface area contributed by atoms with E-state index in [0.29, 0.717) is 28.7 Å². The molecule has 0 atom stereocenters. The van der Waals surface area contributed by atoms with E-state index in [2.05, 4.69) is 15.4 Å². The van der Waals surface area contributed by atoms with Crippen molar-refractivity contribution in [1.29, 1.82) is 0 Å². The van der Waals surface area contributed by atoms with Crippen molar-refractivity contribution in [2.75, 3.05) is 23.4 Å². The van der Waals surface area contributed by atoms with Crippen LogP contribution in [0.15, 0.2) is 55.1 Å². The lowest BCUT2D eigenvalue weighted by Crippen LogP contribution is -2.43. The van der Waals surface area contributed by atoms with E-state index < -0.39 is 0 Å². The molecule has 0 saturated heterocycles. The minimum absolute atomic E-state index is 0.129. The Labute approximate surface area is 165 Å². The number of amides is 2. The minimum atomic E-state index is -0.315. The quantitative estimate of drug-likeness (QED) is 0.713. The van der Waals surface area contributed by atoms with Crippen LogP contribution < -0.4 is 15.0 Å². The summed E-state index contributed by atoms with van der Waals surface area (Å²) < 4.78 is 7.09. The maximum atomic E-state index is 12.5. The maximum absolute atomic E-state index is 12.5. The second-order valence-corrected chi connectivity index (χ2v) is 6.60. The number of fused-ring (bicyclic) bond motifs is 1. The number of aromatic nitrogens is 3. The highest BCUT2D eigenvalue weighted by Gasteiger charge is 2.28. The van der Waals surface area contributed by atoms with Gasteiger partial charge >= 0.3 is 0 Å². The average Bonchev–Trinajstić information content (AvgIpc) is 3.19. The number of hydrogen-bond donors (Lipinski definition) is 1. The van der Waals surface area contributed by atoms with Gasteiger partial charge in [-0.15, -0.1) is 0 Å². The molecule has 2 amide bonds. The molecule has 1 N–H and O–H groups in total. The van der Waals surface area contributed by atoms with Crippen LogP contribution in [0.1, 0.15) is 5.56 Å². The Morgan fingerprint density at radius 3 is 2.79 bits per heavy atom. The van der Waals surface area contributed by atoms with Gasteiger partial charge in [-0.3, -0.25) is 14.5 Å². The Morgan fingerprint density at radius 1 is 1.21 bits per heavy atom. The van der Waals surface area contributed by atoms with Crippen LogP contribution in [0.4, 0.5) is 11.4 Å². The molecule has 0 unspecified atom stereocenters. The molecule has 142 valence electrons. The molecular formula is C19H16ClN5O3. The summed E-state index contributed by atoms with van der Waals surface area (Å²) in [7, 11) is 0. The number of rotatable bonds is 5. The predicted molar refractivity (Wildman–Crippen MR) is 103 cm³/mol. The fourth-order valence-corrected chi connectivity index (χ4v) is 3.14. The molecule has 0 fully saturated rings. The van der Waals surface area contributed by atoms with E-state index in [9.17, 15) is 9.59 Å². The van der Waals surface area contributed by atoms with Gasteiger partial charge in [0.1, 0.15) is 19.2 Å². The van der Waals surface area contributed by atoms with Gasteiger partial charge in [-0.05, 0) is 29.8 Å². The summed E-state index contributed by atoms with van der Waals surface area (Å²) in [6.07, 6.45) is 3.12. The first-order valence-electron chi connectivity index (χ1n) is 8.53. The maximum Gasteiger partial charge on any atom is 0.265 e. The molecule has 0 bridgehead atoms. The van der Waals surface area contributed by atoms with Crippen molar-refractivity contribution >= 4 is 34.8 Å². The third kappa shape index (κ3) is 3.81. The number of benzene rings is 2. The lowest BCUT2D eigenvalue weighted by atomic mass is 10.2. The molecule has 1 aliphatic rings. The standard InChI is InChI=1S/C19H16ClN5O3/c20-15-2-1-3-16-19(15)28-10-18(27)25(16)9-17(26)23-14-6-4-13(5-7-14)8-24-12-21-11-22-24/h1-7,11-12H,8-10H2,(H,23,26). The first kappa shape index (κ1) is 18.0. The molecule has 2 aromatic carbocycles. The first-order valence-corrected chi connectivity index (χ1v) is 8.91. The van der Waals surface area contributed by atoms with Crippen molar-refractivity contribution < 1.29 is 14.3 Å². The van der Waals surface area contributed by atoms with E-state index in [-0.39, 0.29) is 25.0 Å². The fraction of sp³-hybridized carbons (Fsp3) is 0.158. The first-order chi connectivity index (χ1) is 13.6. The number of anilines is 2. The molecule has 4 rings (SSSR count). The van der Waals surface area contributed by atoms with Crippen molar-refractivity contribution in [3.05, 3.63) is 65.7 Å². The number of nitrogens with one attached hydrogen (secondary N) is 1. The lowest BCUT2D eigenvalue weighted by Gasteiger charge is -2.29. The summed E-state index contributed by atoms with van der Waals surface area (Å²) >= 11 is 6.11. The summed E-state index contributed by atoms with van der Waals surface area (Å²) in [4.78, 5) is 30.0. The number of carbonyl (C=O) groups is 2. The molecular weight excluding hydrogens is 382 g/mol. The lowest BCUT2D eigenvalue weighted by molar-refractivity contribution is -0.123. The number of carbonyl (C=O) groups excluding carboxylic acids is 2. The number of halogens is 1. The van der Waals surface area contributed by atoms with Crippen molar-refractivity contribution in [3.8, 4) is 5.75 Å². The van der Waals surface area contributed by atoms with Crippen LogP contribution in [0.3, 0.4) is 0 Å². The van der Waals surface area contributed by atoms with Gasteiger partial charge in [0.15, 0.2) is 12.4 Å². The monoisotopic (exact) mass is 397 g/mol. The van der Waals surface area contributed by atoms with E-state index in [1.165, 1.54) is 11.2 Å². The molecule has 0 spiro atoms. The normalized spacial score (nSPS) is 13.0. The van der Waals surface area contributed by atoms with E-state index in [0.717, 1.165) is 5.56 Å². The van der Waals surface area contributed by atoms with Gasteiger partial charge in [0, 0.05) is 5.69 Å². The zero-order chi connectivity index (χ0) is 19.5. The van der Waals surface area contributed by atoms with E-state index in [1.807, 2.05) is 12.1 Å². The van der Waals surface area contributed by atoms with Gasteiger partial charge in [-0.2, -0.15) is 5.10 Å². The second kappa shape index (κ2) is 7.69. The Bertz CT molecular complexity index is 1000. The molecule has 0 radical (unpaired) electrons. The van der Waals surface area contributed by atoms with Crippen LogP contribution in [-0.4, -0.2) is 39.7 Å². The SMILES string of the molecule is O=C(CN1C(=O)COc2c(Cl)cccc21)Nc1ccc(Cn2cncn2)cc1. The Morgan fingerprint density at radius 2 is 2.04 bits per heavy atom. The Balaban J connectivity index is 1.42. The zero-order valence-corrected chi connectivity index (χ0v) is 15.5. The zero-order valence-electron chi connectivity index (χ0n) is 14.7. The van der Waals surface area contributed by atoms with E-state index in [4.69, 9.17) is 16.3 Å². The number of ether oxygens (including phenoxy) is 1. The molecule has 8 nitrogen and oxygen atoms in total. The highest BCUT2D eigenvalue weighted by atomic mass is 35.5. The van der Waals surface area contributed by atoms with Gasteiger partial charge in [0.05, 0.1) is 17.3 Å². The third-order valence-corrected chi connectivity index (χ3v) is 4.53. The highest BCUT2D eigenvalue weighted by molar-refractivity contribution is 6.32. The molecule has 3 aromatic rings. The fourth-order valence-electron chi connectivity index (χ4n) is 2.91. The topological polar surface area (TPSA) is 89.4 Å². The molecule has 0 saturated carbocycles. The van der Waals surface area contributed by atoms with E-state index >= 15 is 0 Å². The predicted octanol–water partition coefficient (Wildman–Crippen LogP) is 2.34. The number of hydrogen-bond acceptors (Lipinski definition) is 5. The van der Waals surface area contributed by atoms with Crippen molar-refractivity contribution in [3.63, 3.8) is 0 Å². The van der Waals surface area contributed by atoms with Crippen molar-refractivity contribution in [1.82, 2.24) is 14.8 Å². The molecule has 1 aliphatic heterocycles. The summed E-state index contributed by atoms with van der Waals surface area (Å²) in [5, 5.41) is 7.26. The minimum Gasteiger partial charge on any atom is -0.480 e. The Kier molecular flexibility index (Phi) is 4.94. The molecule has 1 aromatic heterocycles. The highest BCUT2D eigenvalue weighted by Crippen LogP contribution is 2.37. The number of nitrogens with zero attached hydrogens (tertiary/aromatic N) is 4. The molecule has 2 heterocycles. The van der Waals surface area contributed by atoms with Gasteiger partial charge in [0.2, 0.25) is 5.91 Å². The van der Waals surface area contributed by atoms with Crippen LogP contribution in [0, 0.1) is 0 Å². The van der Waals surface area contributed by atoms with Crippen LogP contribution in [0.5, 0.6) is 5.75 Å². The summed E-state index contributed by atoms with van der Waals surface area (Å²) in [6.45, 7) is 0.311. The molecule has 9 heteroatoms.